The number of aliphatic carboxylic acids is 1. The fourth-order valence-corrected chi connectivity index (χ4v) is 2.41. The highest BCUT2D eigenvalue weighted by Crippen LogP contribution is 2.61. The summed E-state index contributed by atoms with van der Waals surface area (Å²) in [7, 11) is 0. The van der Waals surface area contributed by atoms with Gasteiger partial charge in [-0.25, -0.2) is 8.78 Å². The van der Waals surface area contributed by atoms with Gasteiger partial charge in [-0.3, -0.25) is 4.79 Å². The van der Waals surface area contributed by atoms with E-state index in [2.05, 4.69) is 0 Å². The van der Waals surface area contributed by atoms with Crippen LogP contribution in [0.5, 0.6) is 0 Å². The lowest BCUT2D eigenvalue weighted by Gasteiger charge is -2.12. The summed E-state index contributed by atoms with van der Waals surface area (Å²) in [5, 5.41) is 9.00. The van der Waals surface area contributed by atoms with E-state index in [-0.39, 0.29) is 5.56 Å². The number of carboxylic acids is 1. The summed E-state index contributed by atoms with van der Waals surface area (Å²) in [5.74, 6) is -3.99. The van der Waals surface area contributed by atoms with E-state index in [1.165, 1.54) is 0 Å². The van der Waals surface area contributed by atoms with Crippen molar-refractivity contribution in [2.24, 2.45) is 0 Å². The second-order valence-electron chi connectivity index (χ2n) is 4.99. The van der Waals surface area contributed by atoms with E-state index in [9.17, 15) is 13.6 Å². The SMILES string of the molecule is O=C(O)C1(c2ccc(C3CC3)cc2)CC1(F)F. The highest BCUT2D eigenvalue weighted by molar-refractivity contribution is 5.87. The van der Waals surface area contributed by atoms with E-state index >= 15 is 0 Å². The molecule has 0 spiro atoms. The number of carbonyl (C=O) groups is 1. The molecule has 0 saturated heterocycles. The van der Waals surface area contributed by atoms with Crippen molar-refractivity contribution < 1.29 is 18.7 Å². The maximum atomic E-state index is 13.3. The second-order valence-corrected chi connectivity index (χ2v) is 4.99. The van der Waals surface area contributed by atoms with Crippen molar-refractivity contribution in [3.05, 3.63) is 35.4 Å². The third kappa shape index (κ3) is 1.39. The lowest BCUT2D eigenvalue weighted by molar-refractivity contribution is -0.142. The van der Waals surface area contributed by atoms with E-state index in [1.807, 2.05) is 0 Å². The van der Waals surface area contributed by atoms with Gasteiger partial charge in [0, 0.05) is 6.42 Å². The van der Waals surface area contributed by atoms with E-state index < -0.39 is 23.7 Å². The van der Waals surface area contributed by atoms with Gasteiger partial charge in [0.25, 0.3) is 5.92 Å². The molecule has 17 heavy (non-hydrogen) atoms. The monoisotopic (exact) mass is 238 g/mol. The molecule has 2 saturated carbocycles. The van der Waals surface area contributed by atoms with Crippen LogP contribution < -0.4 is 0 Å². The average Bonchev–Trinajstić information content (AvgIpc) is 3.14. The predicted molar refractivity (Wildman–Crippen MR) is 57.3 cm³/mol. The highest BCUT2D eigenvalue weighted by atomic mass is 19.3. The summed E-state index contributed by atoms with van der Waals surface area (Å²) in [6, 6.07) is 6.66. The first kappa shape index (κ1) is 10.7. The number of benzene rings is 1. The molecule has 0 bridgehead atoms. The molecule has 2 aliphatic carbocycles. The maximum absolute atomic E-state index is 13.3. The van der Waals surface area contributed by atoms with Gasteiger partial charge >= 0.3 is 5.97 Å². The van der Waals surface area contributed by atoms with Crippen molar-refractivity contribution in [1.29, 1.82) is 0 Å². The molecule has 1 aromatic carbocycles. The Hall–Kier alpha value is -1.45. The second kappa shape index (κ2) is 3.06. The van der Waals surface area contributed by atoms with Crippen molar-refractivity contribution in [3.63, 3.8) is 0 Å². The number of rotatable bonds is 3. The Bertz CT molecular complexity index is 477. The van der Waals surface area contributed by atoms with Crippen LogP contribution in [-0.4, -0.2) is 17.0 Å². The number of alkyl halides is 2. The summed E-state index contributed by atoms with van der Waals surface area (Å²) in [4.78, 5) is 11.1. The molecule has 1 atom stereocenters. The Morgan fingerprint density at radius 1 is 1.24 bits per heavy atom. The number of hydrogen-bond donors (Lipinski definition) is 1. The quantitative estimate of drug-likeness (QED) is 0.879. The van der Waals surface area contributed by atoms with Crippen LogP contribution in [0.4, 0.5) is 8.78 Å². The van der Waals surface area contributed by atoms with Crippen LogP contribution in [0.15, 0.2) is 24.3 Å². The van der Waals surface area contributed by atoms with Gasteiger partial charge in [-0.1, -0.05) is 24.3 Å². The first-order chi connectivity index (χ1) is 7.97. The minimum absolute atomic E-state index is 0.222. The lowest BCUT2D eigenvalue weighted by atomic mass is 9.94. The summed E-state index contributed by atoms with van der Waals surface area (Å²) >= 11 is 0. The van der Waals surface area contributed by atoms with E-state index in [0.29, 0.717) is 5.92 Å². The molecule has 1 unspecified atom stereocenters. The first-order valence-corrected chi connectivity index (χ1v) is 5.69. The van der Waals surface area contributed by atoms with Gasteiger partial charge in [0.05, 0.1) is 0 Å². The predicted octanol–water partition coefficient (Wildman–Crippen LogP) is 2.93. The smallest absolute Gasteiger partial charge is 0.320 e. The summed E-state index contributed by atoms with van der Waals surface area (Å²) in [6.07, 6.45) is 1.69. The number of carboxylic acid groups (broad SMARTS) is 1. The van der Waals surface area contributed by atoms with Crippen LogP contribution in [-0.2, 0) is 10.2 Å². The van der Waals surface area contributed by atoms with Crippen LogP contribution >= 0.6 is 0 Å². The fraction of sp³-hybridized carbons (Fsp3) is 0.462. The Morgan fingerprint density at radius 2 is 1.76 bits per heavy atom. The summed E-state index contributed by atoms with van der Waals surface area (Å²) in [5.41, 5.74) is -0.632. The van der Waals surface area contributed by atoms with Gasteiger partial charge in [-0.15, -0.1) is 0 Å². The zero-order valence-electron chi connectivity index (χ0n) is 9.12. The van der Waals surface area contributed by atoms with Crippen molar-refractivity contribution in [2.75, 3.05) is 0 Å². The van der Waals surface area contributed by atoms with Gasteiger partial charge in [0.15, 0.2) is 5.41 Å². The van der Waals surface area contributed by atoms with E-state index in [4.69, 9.17) is 5.11 Å². The molecular weight excluding hydrogens is 226 g/mol. The minimum Gasteiger partial charge on any atom is -0.480 e. The minimum atomic E-state index is -3.11. The van der Waals surface area contributed by atoms with Crippen molar-refractivity contribution >= 4 is 5.97 Å². The largest absolute Gasteiger partial charge is 0.480 e. The van der Waals surface area contributed by atoms with Gasteiger partial charge in [0.1, 0.15) is 0 Å². The highest BCUT2D eigenvalue weighted by Gasteiger charge is 2.77. The standard InChI is InChI=1S/C13H12F2O2/c14-13(15)7-12(13,11(16)17)10-5-3-9(4-6-10)8-1-2-8/h3-6,8H,1-2,7H2,(H,16,17). The van der Waals surface area contributed by atoms with Gasteiger partial charge in [-0.05, 0) is 29.9 Å². The molecule has 0 radical (unpaired) electrons. The van der Waals surface area contributed by atoms with Gasteiger partial charge < -0.3 is 5.11 Å². The van der Waals surface area contributed by atoms with Crippen LogP contribution in [0.3, 0.4) is 0 Å². The Morgan fingerprint density at radius 3 is 2.12 bits per heavy atom. The van der Waals surface area contributed by atoms with Crippen LogP contribution in [0.2, 0.25) is 0 Å². The Kier molecular flexibility index (Phi) is 1.92. The normalized spacial score (nSPS) is 30.0. The topological polar surface area (TPSA) is 37.3 Å². The number of hydrogen-bond acceptors (Lipinski definition) is 1. The average molecular weight is 238 g/mol. The molecule has 2 aliphatic rings. The molecule has 90 valence electrons. The molecule has 2 fully saturated rings. The zero-order chi connectivity index (χ0) is 12.3. The molecule has 0 aliphatic heterocycles. The molecule has 0 aromatic heterocycles. The van der Waals surface area contributed by atoms with E-state index in [0.717, 1.165) is 18.4 Å². The van der Waals surface area contributed by atoms with Crippen LogP contribution in [0, 0.1) is 0 Å². The van der Waals surface area contributed by atoms with E-state index in [1.54, 1.807) is 24.3 Å². The first-order valence-electron chi connectivity index (χ1n) is 5.69. The van der Waals surface area contributed by atoms with Crippen molar-refractivity contribution in [3.8, 4) is 0 Å². The Balaban J connectivity index is 1.95. The molecule has 1 aromatic rings. The molecule has 0 amide bonds. The lowest BCUT2D eigenvalue weighted by Crippen LogP contribution is -2.27. The molecule has 4 heteroatoms. The number of halogens is 2. The fourth-order valence-electron chi connectivity index (χ4n) is 2.41. The summed E-state index contributed by atoms with van der Waals surface area (Å²) < 4.78 is 26.6. The third-order valence-electron chi connectivity index (χ3n) is 3.80. The molecule has 3 rings (SSSR count). The van der Waals surface area contributed by atoms with Crippen molar-refractivity contribution in [2.45, 2.75) is 36.5 Å². The molecule has 2 nitrogen and oxygen atoms in total. The van der Waals surface area contributed by atoms with Crippen LogP contribution in [0.1, 0.15) is 36.3 Å². The van der Waals surface area contributed by atoms with Gasteiger partial charge in [0.2, 0.25) is 0 Å². The summed E-state index contributed by atoms with van der Waals surface area (Å²) in [6.45, 7) is 0. The molecule has 0 heterocycles. The Labute approximate surface area is 97.3 Å². The zero-order valence-corrected chi connectivity index (χ0v) is 9.12. The van der Waals surface area contributed by atoms with Crippen molar-refractivity contribution in [1.82, 2.24) is 0 Å². The molecule has 1 N–H and O–H groups in total. The van der Waals surface area contributed by atoms with Crippen LogP contribution in [0.25, 0.3) is 0 Å². The molecular formula is C13H12F2O2. The third-order valence-corrected chi connectivity index (χ3v) is 3.80. The van der Waals surface area contributed by atoms with Gasteiger partial charge in [-0.2, -0.15) is 0 Å². The maximum Gasteiger partial charge on any atom is 0.320 e.